The number of hydrogen-bond acceptors (Lipinski definition) is 5. The lowest BCUT2D eigenvalue weighted by atomic mass is 10.2. The van der Waals surface area contributed by atoms with Crippen LogP contribution in [0.4, 0.5) is 0 Å². The lowest BCUT2D eigenvalue weighted by molar-refractivity contribution is -0.140. The molecule has 8 nitrogen and oxygen atoms in total. The van der Waals surface area contributed by atoms with E-state index in [0.717, 1.165) is 4.31 Å². The van der Waals surface area contributed by atoms with Gasteiger partial charge in [0.2, 0.25) is 0 Å². The molecule has 1 saturated heterocycles. The van der Waals surface area contributed by atoms with Crippen molar-refractivity contribution in [3.63, 3.8) is 0 Å². The third-order valence-electron chi connectivity index (χ3n) is 2.42. The lowest BCUT2D eigenvalue weighted by Crippen LogP contribution is -2.47. The van der Waals surface area contributed by atoms with E-state index in [1.165, 1.54) is 7.11 Å². The van der Waals surface area contributed by atoms with Crippen molar-refractivity contribution in [2.45, 2.75) is 18.6 Å². The Morgan fingerprint density at radius 1 is 1.59 bits per heavy atom. The lowest BCUT2D eigenvalue weighted by Gasteiger charge is -2.20. The topological polar surface area (TPSA) is 116 Å². The maximum Gasteiger partial charge on any atom is 0.322 e. The molecule has 0 aromatic rings. The van der Waals surface area contributed by atoms with Gasteiger partial charge in [-0.2, -0.15) is 17.4 Å². The van der Waals surface area contributed by atoms with E-state index >= 15 is 0 Å². The van der Waals surface area contributed by atoms with Crippen LogP contribution < -0.4 is 4.72 Å². The zero-order chi connectivity index (χ0) is 13.1. The standard InChI is InChI=1S/C8H16N2O6S/c1-16-3-2-9-17(14,15)10-5-6(11)4-7(10)8(12)13/h6-7,9,11H,2-5H2,1H3,(H,12,13)/t6-,7-/m1/s1. The van der Waals surface area contributed by atoms with Gasteiger partial charge in [-0.1, -0.05) is 0 Å². The molecule has 1 aliphatic rings. The van der Waals surface area contributed by atoms with Crippen molar-refractivity contribution >= 4 is 16.2 Å². The van der Waals surface area contributed by atoms with Crippen molar-refractivity contribution < 1.29 is 28.2 Å². The first-order chi connectivity index (χ1) is 7.88. The summed E-state index contributed by atoms with van der Waals surface area (Å²) in [5.41, 5.74) is 0. The van der Waals surface area contributed by atoms with Gasteiger partial charge in [-0.3, -0.25) is 4.79 Å². The summed E-state index contributed by atoms with van der Waals surface area (Å²) in [4.78, 5) is 10.9. The van der Waals surface area contributed by atoms with Crippen molar-refractivity contribution in [3.8, 4) is 0 Å². The van der Waals surface area contributed by atoms with Crippen LogP contribution in [0.1, 0.15) is 6.42 Å². The number of ether oxygens (including phenoxy) is 1. The number of carbonyl (C=O) groups is 1. The first-order valence-corrected chi connectivity index (χ1v) is 6.48. The predicted molar refractivity (Wildman–Crippen MR) is 57.6 cm³/mol. The highest BCUT2D eigenvalue weighted by Gasteiger charge is 2.42. The Kier molecular flexibility index (Phi) is 4.83. The molecule has 1 fully saturated rings. The van der Waals surface area contributed by atoms with Crippen LogP contribution in [0, 0.1) is 0 Å². The Labute approximate surface area is 99.4 Å². The van der Waals surface area contributed by atoms with Gasteiger partial charge in [0.1, 0.15) is 6.04 Å². The fourth-order valence-electron chi connectivity index (χ4n) is 1.63. The third kappa shape index (κ3) is 3.61. The average Bonchev–Trinajstić information content (AvgIpc) is 2.61. The summed E-state index contributed by atoms with van der Waals surface area (Å²) < 4.78 is 31.2. The van der Waals surface area contributed by atoms with E-state index in [0.29, 0.717) is 0 Å². The molecule has 0 aromatic heterocycles. The molecule has 1 rings (SSSR count). The second-order valence-corrected chi connectivity index (χ2v) is 5.41. The number of nitrogens with one attached hydrogen (secondary N) is 1. The number of nitrogens with zero attached hydrogens (tertiary/aromatic N) is 1. The Hall–Kier alpha value is -0.740. The quantitative estimate of drug-likeness (QED) is 0.479. The molecule has 0 spiro atoms. The molecule has 17 heavy (non-hydrogen) atoms. The molecule has 0 bridgehead atoms. The van der Waals surface area contributed by atoms with Crippen molar-refractivity contribution in [1.82, 2.24) is 9.03 Å². The Balaban J connectivity index is 2.72. The molecule has 9 heteroatoms. The number of aliphatic carboxylic acids is 1. The molecule has 0 aromatic carbocycles. The van der Waals surface area contributed by atoms with E-state index in [9.17, 15) is 18.3 Å². The van der Waals surface area contributed by atoms with Gasteiger partial charge in [0.15, 0.2) is 0 Å². The van der Waals surface area contributed by atoms with Crippen LogP contribution in [0.15, 0.2) is 0 Å². The molecule has 0 radical (unpaired) electrons. The minimum Gasteiger partial charge on any atom is -0.480 e. The van der Waals surface area contributed by atoms with Crippen molar-refractivity contribution in [3.05, 3.63) is 0 Å². The van der Waals surface area contributed by atoms with E-state index < -0.39 is 28.3 Å². The van der Waals surface area contributed by atoms with Gasteiger partial charge in [-0.05, 0) is 0 Å². The van der Waals surface area contributed by atoms with Crippen molar-refractivity contribution in [2.75, 3.05) is 26.8 Å². The molecule has 0 saturated carbocycles. The van der Waals surface area contributed by atoms with Crippen LogP contribution in [0.5, 0.6) is 0 Å². The van der Waals surface area contributed by atoms with E-state index in [4.69, 9.17) is 5.11 Å². The van der Waals surface area contributed by atoms with Crippen LogP contribution in [0.25, 0.3) is 0 Å². The molecule has 1 aliphatic heterocycles. The first kappa shape index (κ1) is 14.3. The SMILES string of the molecule is COCCNS(=O)(=O)N1C[C@H](O)C[C@@H]1C(=O)O. The molecular formula is C8H16N2O6S. The van der Waals surface area contributed by atoms with Crippen LogP contribution in [-0.2, 0) is 19.7 Å². The summed E-state index contributed by atoms with van der Waals surface area (Å²) in [5, 5.41) is 18.2. The van der Waals surface area contributed by atoms with E-state index in [1.54, 1.807) is 0 Å². The van der Waals surface area contributed by atoms with Gasteiger partial charge in [-0.25, -0.2) is 0 Å². The van der Waals surface area contributed by atoms with Gasteiger partial charge >= 0.3 is 5.97 Å². The maximum atomic E-state index is 11.8. The Morgan fingerprint density at radius 2 is 2.24 bits per heavy atom. The molecule has 3 N–H and O–H groups in total. The van der Waals surface area contributed by atoms with E-state index in [-0.39, 0.29) is 26.1 Å². The van der Waals surface area contributed by atoms with Crippen LogP contribution in [0.2, 0.25) is 0 Å². The molecule has 0 aliphatic carbocycles. The maximum absolute atomic E-state index is 11.8. The van der Waals surface area contributed by atoms with E-state index in [1.807, 2.05) is 0 Å². The minimum absolute atomic E-state index is 0.0533. The summed E-state index contributed by atoms with van der Waals surface area (Å²) in [6.45, 7) is 0.0322. The second kappa shape index (κ2) is 5.74. The van der Waals surface area contributed by atoms with Gasteiger partial charge in [0, 0.05) is 26.6 Å². The fraction of sp³-hybridized carbons (Fsp3) is 0.875. The Morgan fingerprint density at radius 3 is 2.76 bits per heavy atom. The molecule has 1 heterocycles. The van der Waals surface area contributed by atoms with Crippen molar-refractivity contribution in [2.24, 2.45) is 0 Å². The smallest absolute Gasteiger partial charge is 0.322 e. The van der Waals surface area contributed by atoms with Gasteiger partial charge in [-0.15, -0.1) is 0 Å². The van der Waals surface area contributed by atoms with Crippen LogP contribution in [0.3, 0.4) is 0 Å². The van der Waals surface area contributed by atoms with Crippen molar-refractivity contribution in [1.29, 1.82) is 0 Å². The van der Waals surface area contributed by atoms with Crippen LogP contribution in [-0.4, -0.2) is 67.9 Å². The second-order valence-electron chi connectivity index (χ2n) is 3.71. The molecule has 2 atom stereocenters. The number of rotatable bonds is 6. The number of aliphatic hydroxyl groups is 1. The number of hydrogen-bond donors (Lipinski definition) is 3. The fourth-order valence-corrected chi connectivity index (χ4v) is 3.02. The summed E-state index contributed by atoms with van der Waals surface area (Å²) in [6.07, 6.45) is -1.05. The monoisotopic (exact) mass is 268 g/mol. The highest BCUT2D eigenvalue weighted by molar-refractivity contribution is 7.87. The number of carboxylic acid groups (broad SMARTS) is 1. The summed E-state index contributed by atoms with van der Waals surface area (Å²) in [6, 6.07) is -1.22. The summed E-state index contributed by atoms with van der Waals surface area (Å²) >= 11 is 0. The Bertz CT molecular complexity index is 370. The van der Waals surface area contributed by atoms with Gasteiger partial charge in [0.25, 0.3) is 10.2 Å². The third-order valence-corrected chi connectivity index (χ3v) is 4.01. The first-order valence-electron chi connectivity index (χ1n) is 5.04. The summed E-state index contributed by atoms with van der Waals surface area (Å²) in [7, 11) is -2.47. The molecule has 0 amide bonds. The number of aliphatic hydroxyl groups excluding tert-OH is 1. The molecule has 0 unspecified atom stereocenters. The van der Waals surface area contributed by atoms with Gasteiger partial charge < -0.3 is 14.9 Å². The number of methoxy groups -OCH3 is 1. The largest absolute Gasteiger partial charge is 0.480 e. The molecule has 100 valence electrons. The van der Waals surface area contributed by atoms with Gasteiger partial charge in [0.05, 0.1) is 12.7 Å². The highest BCUT2D eigenvalue weighted by Crippen LogP contribution is 2.20. The normalized spacial score (nSPS) is 26.2. The highest BCUT2D eigenvalue weighted by atomic mass is 32.2. The number of carboxylic acids is 1. The average molecular weight is 268 g/mol. The number of β-amino-alcohol motifs (C(OH)–C–C–N with tert-alkyl or cyclic N) is 1. The summed E-state index contributed by atoms with van der Waals surface area (Å²) in [5.74, 6) is -1.27. The minimum atomic E-state index is -3.90. The zero-order valence-corrected chi connectivity index (χ0v) is 10.2. The molecular weight excluding hydrogens is 252 g/mol. The van der Waals surface area contributed by atoms with E-state index in [2.05, 4.69) is 9.46 Å². The van der Waals surface area contributed by atoms with Crippen LogP contribution >= 0.6 is 0 Å². The predicted octanol–water partition coefficient (Wildman–Crippen LogP) is -2.01. The zero-order valence-electron chi connectivity index (χ0n) is 9.37.